The average Bonchev–Trinajstić information content (AvgIpc) is 3.19. The number of nitriles is 1. The number of likely N-dealkylation sites (tertiary alicyclic amines) is 1. The second kappa shape index (κ2) is 9.87. The van der Waals surface area contributed by atoms with E-state index in [9.17, 15) is 9.59 Å². The summed E-state index contributed by atoms with van der Waals surface area (Å²) in [7, 11) is 0. The lowest BCUT2D eigenvalue weighted by molar-refractivity contribution is -0.126. The van der Waals surface area contributed by atoms with Crippen molar-refractivity contribution in [2.75, 3.05) is 25.0 Å². The third-order valence-corrected chi connectivity index (χ3v) is 5.47. The molecule has 9 heteroatoms. The molecule has 0 saturated carbocycles. The molecule has 1 aliphatic rings. The summed E-state index contributed by atoms with van der Waals surface area (Å²) < 4.78 is 0. The SMILES string of the molecule is C=CC(=O)N1CCC(Nc2cnc3[nH]cc(C(=O)NC[C@H](CC)CC#N)c3n2)CC1. The van der Waals surface area contributed by atoms with Crippen LogP contribution in [0.1, 0.15) is 43.0 Å². The first-order valence-corrected chi connectivity index (χ1v) is 10.2. The number of nitrogens with one attached hydrogen (secondary N) is 3. The van der Waals surface area contributed by atoms with E-state index >= 15 is 0 Å². The maximum Gasteiger partial charge on any atom is 0.255 e. The van der Waals surface area contributed by atoms with Crippen LogP contribution in [-0.4, -0.2) is 57.3 Å². The van der Waals surface area contributed by atoms with Gasteiger partial charge in [-0.2, -0.15) is 5.26 Å². The van der Waals surface area contributed by atoms with Crippen molar-refractivity contribution in [3.05, 3.63) is 30.6 Å². The van der Waals surface area contributed by atoms with Crippen LogP contribution >= 0.6 is 0 Å². The predicted molar refractivity (Wildman–Crippen MR) is 114 cm³/mol. The topological polar surface area (TPSA) is 127 Å². The minimum atomic E-state index is -0.236. The number of amides is 2. The zero-order valence-electron chi connectivity index (χ0n) is 17.1. The van der Waals surface area contributed by atoms with E-state index < -0.39 is 0 Å². The quantitative estimate of drug-likeness (QED) is 0.574. The number of carbonyl (C=O) groups is 2. The van der Waals surface area contributed by atoms with E-state index in [2.05, 4.69) is 38.2 Å². The number of aromatic amines is 1. The van der Waals surface area contributed by atoms with Gasteiger partial charge in [0.05, 0.1) is 17.8 Å². The van der Waals surface area contributed by atoms with Crippen molar-refractivity contribution in [1.82, 2.24) is 25.2 Å². The predicted octanol–water partition coefficient (Wildman–Crippen LogP) is 2.22. The summed E-state index contributed by atoms with van der Waals surface area (Å²) in [4.78, 5) is 38.1. The number of H-pyrrole nitrogens is 1. The van der Waals surface area contributed by atoms with Crippen molar-refractivity contribution in [3.63, 3.8) is 0 Å². The minimum absolute atomic E-state index is 0.0438. The van der Waals surface area contributed by atoms with E-state index in [0.29, 0.717) is 48.6 Å². The third-order valence-electron chi connectivity index (χ3n) is 5.47. The molecule has 1 aliphatic heterocycles. The summed E-state index contributed by atoms with van der Waals surface area (Å²) in [6.45, 7) is 7.31. The van der Waals surface area contributed by atoms with Gasteiger partial charge in [-0.25, -0.2) is 9.97 Å². The molecule has 1 fully saturated rings. The number of piperidine rings is 1. The normalized spacial score (nSPS) is 15.4. The van der Waals surface area contributed by atoms with Gasteiger partial charge in [0.1, 0.15) is 11.3 Å². The van der Waals surface area contributed by atoms with Gasteiger partial charge in [0.2, 0.25) is 5.91 Å². The number of hydrogen-bond donors (Lipinski definition) is 3. The average molecular weight is 409 g/mol. The monoisotopic (exact) mass is 409 g/mol. The highest BCUT2D eigenvalue weighted by molar-refractivity contribution is 6.04. The highest BCUT2D eigenvalue weighted by Gasteiger charge is 2.22. The van der Waals surface area contributed by atoms with E-state index in [-0.39, 0.29) is 23.8 Å². The second-order valence-corrected chi connectivity index (χ2v) is 7.45. The molecule has 0 unspecified atom stereocenters. The molecule has 30 heavy (non-hydrogen) atoms. The summed E-state index contributed by atoms with van der Waals surface area (Å²) in [5, 5.41) is 15.1. The van der Waals surface area contributed by atoms with E-state index in [1.807, 2.05) is 6.92 Å². The fourth-order valence-electron chi connectivity index (χ4n) is 3.54. The first-order valence-electron chi connectivity index (χ1n) is 10.2. The Kier molecular flexibility index (Phi) is 7.01. The van der Waals surface area contributed by atoms with E-state index in [1.54, 1.807) is 17.3 Å². The molecule has 2 aromatic rings. The molecule has 0 bridgehead atoms. The highest BCUT2D eigenvalue weighted by Crippen LogP contribution is 2.19. The number of hydrogen-bond acceptors (Lipinski definition) is 6. The maximum atomic E-state index is 12.6. The largest absolute Gasteiger partial charge is 0.366 e. The number of aromatic nitrogens is 3. The van der Waals surface area contributed by atoms with Crippen LogP contribution in [0.5, 0.6) is 0 Å². The van der Waals surface area contributed by atoms with E-state index in [0.717, 1.165) is 19.3 Å². The molecule has 3 heterocycles. The molecule has 2 amide bonds. The number of rotatable bonds is 8. The Morgan fingerprint density at radius 1 is 1.47 bits per heavy atom. The summed E-state index contributed by atoms with van der Waals surface area (Å²) in [6.07, 6.45) is 7.43. The maximum absolute atomic E-state index is 12.6. The smallest absolute Gasteiger partial charge is 0.255 e. The van der Waals surface area contributed by atoms with Crippen molar-refractivity contribution in [1.29, 1.82) is 5.26 Å². The van der Waals surface area contributed by atoms with Crippen LogP contribution in [0.3, 0.4) is 0 Å². The summed E-state index contributed by atoms with van der Waals surface area (Å²) >= 11 is 0. The van der Waals surface area contributed by atoms with Crippen LogP contribution in [0.15, 0.2) is 25.0 Å². The fraction of sp³-hybridized carbons (Fsp3) is 0.476. The van der Waals surface area contributed by atoms with Gasteiger partial charge in [-0.15, -0.1) is 0 Å². The van der Waals surface area contributed by atoms with Gasteiger partial charge in [-0.3, -0.25) is 9.59 Å². The molecule has 0 spiro atoms. The first kappa shape index (κ1) is 21.3. The van der Waals surface area contributed by atoms with Gasteiger partial charge in [-0.1, -0.05) is 19.9 Å². The van der Waals surface area contributed by atoms with Crippen molar-refractivity contribution < 1.29 is 9.59 Å². The Hall–Kier alpha value is -3.41. The number of fused-ring (bicyclic) bond motifs is 1. The minimum Gasteiger partial charge on any atom is -0.366 e. The lowest BCUT2D eigenvalue weighted by Gasteiger charge is -2.31. The van der Waals surface area contributed by atoms with Crippen molar-refractivity contribution in [2.24, 2.45) is 5.92 Å². The zero-order chi connectivity index (χ0) is 21.5. The van der Waals surface area contributed by atoms with Crippen molar-refractivity contribution in [2.45, 2.75) is 38.6 Å². The Morgan fingerprint density at radius 3 is 2.90 bits per heavy atom. The molecule has 0 aliphatic carbocycles. The molecule has 0 aromatic carbocycles. The number of nitrogens with zero attached hydrogens (tertiary/aromatic N) is 4. The molecule has 9 nitrogen and oxygen atoms in total. The van der Waals surface area contributed by atoms with Crippen LogP contribution in [0.2, 0.25) is 0 Å². The molecule has 2 aromatic heterocycles. The van der Waals surface area contributed by atoms with Crippen molar-refractivity contribution >= 4 is 28.8 Å². The van der Waals surface area contributed by atoms with E-state index in [4.69, 9.17) is 5.26 Å². The Bertz CT molecular complexity index is 954. The summed E-state index contributed by atoms with van der Waals surface area (Å²) in [5.41, 5.74) is 1.48. The third kappa shape index (κ3) is 4.95. The highest BCUT2D eigenvalue weighted by atomic mass is 16.2. The van der Waals surface area contributed by atoms with Gasteiger partial charge in [0.25, 0.3) is 5.91 Å². The molecule has 158 valence electrons. The van der Waals surface area contributed by atoms with Gasteiger partial charge < -0.3 is 20.5 Å². The van der Waals surface area contributed by atoms with Crippen LogP contribution < -0.4 is 10.6 Å². The molecule has 1 atom stereocenters. The van der Waals surface area contributed by atoms with Gasteiger partial charge in [0.15, 0.2) is 5.65 Å². The van der Waals surface area contributed by atoms with Crippen LogP contribution in [0.25, 0.3) is 11.2 Å². The molecular weight excluding hydrogens is 382 g/mol. The van der Waals surface area contributed by atoms with Gasteiger partial charge in [0, 0.05) is 38.3 Å². The van der Waals surface area contributed by atoms with Crippen LogP contribution in [0.4, 0.5) is 5.82 Å². The van der Waals surface area contributed by atoms with Gasteiger partial charge in [-0.05, 0) is 24.8 Å². The Morgan fingerprint density at radius 2 is 2.23 bits per heavy atom. The molecule has 3 rings (SSSR count). The second-order valence-electron chi connectivity index (χ2n) is 7.45. The molecular formula is C21H27N7O2. The van der Waals surface area contributed by atoms with Crippen LogP contribution in [0, 0.1) is 17.2 Å². The number of anilines is 1. The first-order chi connectivity index (χ1) is 14.5. The number of carbonyl (C=O) groups excluding carboxylic acids is 2. The van der Waals surface area contributed by atoms with Crippen LogP contribution in [-0.2, 0) is 4.79 Å². The summed E-state index contributed by atoms with van der Waals surface area (Å²) in [5.74, 6) is 0.449. The van der Waals surface area contributed by atoms with Gasteiger partial charge >= 0.3 is 0 Å². The molecule has 1 saturated heterocycles. The Labute approximate surface area is 175 Å². The summed E-state index contributed by atoms with van der Waals surface area (Å²) in [6, 6.07) is 2.33. The zero-order valence-corrected chi connectivity index (χ0v) is 17.1. The Balaban J connectivity index is 1.65. The van der Waals surface area contributed by atoms with E-state index in [1.165, 1.54) is 6.08 Å². The lowest BCUT2D eigenvalue weighted by Crippen LogP contribution is -2.41. The standard InChI is InChI=1S/C21H27N7O2/c1-3-14(5-8-22)11-25-21(30)16-12-23-20-19(16)27-17(13-24-20)26-15-6-9-28(10-7-15)18(29)4-2/h4,12-15H,2-3,5-7,9-11H2,1H3,(H,23,24)(H,25,30)(H,26,27)/t14-/m1/s1. The molecule has 3 N–H and O–H groups in total. The van der Waals surface area contributed by atoms with Crippen molar-refractivity contribution in [3.8, 4) is 6.07 Å². The molecule has 0 radical (unpaired) electrons. The lowest BCUT2D eigenvalue weighted by atomic mass is 10.0. The fourth-order valence-corrected chi connectivity index (χ4v) is 3.54.